The summed E-state index contributed by atoms with van der Waals surface area (Å²) in [6.45, 7) is 2.03. The second-order valence-corrected chi connectivity index (χ2v) is 8.39. The van der Waals surface area contributed by atoms with Gasteiger partial charge in [-0.05, 0) is 74.7 Å². The number of aromatic nitrogens is 2. The Morgan fingerprint density at radius 3 is 2.71 bits per heavy atom. The molecule has 0 radical (unpaired) electrons. The predicted octanol–water partition coefficient (Wildman–Crippen LogP) is 4.29. The summed E-state index contributed by atoms with van der Waals surface area (Å²) in [5.41, 5.74) is 1.74. The summed E-state index contributed by atoms with van der Waals surface area (Å²) in [4.78, 5) is 20.3. The average Bonchev–Trinajstić information content (AvgIpc) is 3.30. The van der Waals surface area contributed by atoms with Crippen molar-refractivity contribution in [3.05, 3.63) is 54.4 Å². The highest BCUT2D eigenvalue weighted by molar-refractivity contribution is 7.98. The monoisotopic (exact) mass is 438 g/mol. The van der Waals surface area contributed by atoms with Gasteiger partial charge < -0.3 is 14.6 Å². The van der Waals surface area contributed by atoms with Gasteiger partial charge in [-0.2, -0.15) is 4.98 Å². The quantitative estimate of drug-likeness (QED) is 0.551. The lowest BCUT2D eigenvalue weighted by atomic mass is 9.97. The maximum Gasteiger partial charge on any atom is 0.238 e. The molecule has 8 heteroatoms. The van der Waals surface area contributed by atoms with E-state index in [1.54, 1.807) is 18.9 Å². The van der Waals surface area contributed by atoms with Crippen LogP contribution in [0.15, 0.2) is 57.9 Å². The molecule has 162 valence electrons. The first kappa shape index (κ1) is 21.4. The van der Waals surface area contributed by atoms with E-state index in [2.05, 4.69) is 20.4 Å². The summed E-state index contributed by atoms with van der Waals surface area (Å²) in [6, 6.07) is 15.5. The summed E-state index contributed by atoms with van der Waals surface area (Å²) in [6.07, 6.45) is 3.80. The van der Waals surface area contributed by atoms with Gasteiger partial charge in [0.1, 0.15) is 5.75 Å². The van der Waals surface area contributed by atoms with Gasteiger partial charge in [-0.25, -0.2) is 0 Å². The zero-order valence-electron chi connectivity index (χ0n) is 17.7. The molecule has 2 heterocycles. The van der Waals surface area contributed by atoms with Crippen LogP contribution >= 0.6 is 11.8 Å². The summed E-state index contributed by atoms with van der Waals surface area (Å²) in [7, 11) is 1.64. The number of nitrogens with one attached hydrogen (secondary N) is 1. The summed E-state index contributed by atoms with van der Waals surface area (Å²) in [5.74, 6) is 2.28. The molecule has 0 atom stereocenters. The minimum absolute atomic E-state index is 0.0104. The Balaban J connectivity index is 1.28. The van der Waals surface area contributed by atoms with Gasteiger partial charge in [-0.1, -0.05) is 11.2 Å². The number of carbonyl (C=O) groups is 1. The van der Waals surface area contributed by atoms with Crippen molar-refractivity contribution < 1.29 is 14.1 Å². The predicted molar refractivity (Wildman–Crippen MR) is 122 cm³/mol. The second kappa shape index (κ2) is 9.98. The zero-order valence-corrected chi connectivity index (χ0v) is 18.5. The molecule has 0 saturated carbocycles. The molecule has 7 nitrogen and oxygen atoms in total. The highest BCUT2D eigenvalue weighted by Gasteiger charge is 2.26. The molecule has 3 aromatic rings. The van der Waals surface area contributed by atoms with E-state index >= 15 is 0 Å². The fourth-order valence-corrected chi connectivity index (χ4v) is 4.16. The minimum Gasteiger partial charge on any atom is -0.497 e. The van der Waals surface area contributed by atoms with Gasteiger partial charge in [-0.15, -0.1) is 11.8 Å². The molecule has 1 fully saturated rings. The zero-order chi connectivity index (χ0) is 21.6. The number of amides is 1. The Labute approximate surface area is 186 Å². The fraction of sp³-hybridized carbons (Fsp3) is 0.348. The third-order valence-electron chi connectivity index (χ3n) is 5.45. The molecule has 4 rings (SSSR count). The van der Waals surface area contributed by atoms with Gasteiger partial charge >= 0.3 is 0 Å². The first-order valence-corrected chi connectivity index (χ1v) is 11.5. The number of carbonyl (C=O) groups excluding carboxylic acids is 1. The highest BCUT2D eigenvalue weighted by Crippen LogP contribution is 2.29. The Bertz CT molecular complexity index is 1010. The summed E-state index contributed by atoms with van der Waals surface area (Å²) < 4.78 is 10.7. The first-order valence-electron chi connectivity index (χ1n) is 10.3. The molecule has 0 unspecified atom stereocenters. The van der Waals surface area contributed by atoms with Gasteiger partial charge in [0, 0.05) is 22.1 Å². The molecule has 0 spiro atoms. The van der Waals surface area contributed by atoms with Gasteiger partial charge in [-0.3, -0.25) is 9.69 Å². The lowest BCUT2D eigenvalue weighted by Gasteiger charge is -2.29. The Hall–Kier alpha value is -2.84. The van der Waals surface area contributed by atoms with Crippen LogP contribution in [-0.4, -0.2) is 53.9 Å². The van der Waals surface area contributed by atoms with Crippen molar-refractivity contribution >= 4 is 23.4 Å². The second-order valence-electron chi connectivity index (χ2n) is 7.52. The van der Waals surface area contributed by atoms with Crippen LogP contribution in [-0.2, 0) is 4.79 Å². The molecule has 1 aliphatic heterocycles. The molecular formula is C23H26N4O3S. The smallest absolute Gasteiger partial charge is 0.238 e. The van der Waals surface area contributed by atoms with E-state index in [0.29, 0.717) is 18.3 Å². The van der Waals surface area contributed by atoms with E-state index in [0.717, 1.165) is 47.8 Å². The van der Waals surface area contributed by atoms with Crippen LogP contribution in [0.4, 0.5) is 5.69 Å². The molecule has 0 bridgehead atoms. The van der Waals surface area contributed by atoms with Crippen molar-refractivity contribution in [2.45, 2.75) is 23.7 Å². The number of piperidine rings is 1. The highest BCUT2D eigenvalue weighted by atomic mass is 32.2. The average molecular weight is 439 g/mol. The number of likely N-dealkylation sites (tertiary alicyclic amines) is 1. The molecule has 1 aromatic heterocycles. The van der Waals surface area contributed by atoms with Crippen molar-refractivity contribution in [1.29, 1.82) is 0 Å². The maximum absolute atomic E-state index is 12.4. The number of methoxy groups -OCH3 is 1. The van der Waals surface area contributed by atoms with E-state index in [1.807, 2.05) is 54.8 Å². The van der Waals surface area contributed by atoms with Crippen LogP contribution in [0.1, 0.15) is 24.7 Å². The Kier molecular flexibility index (Phi) is 6.89. The molecule has 1 saturated heterocycles. The van der Waals surface area contributed by atoms with E-state index in [9.17, 15) is 4.79 Å². The number of nitrogens with zero attached hydrogens (tertiary/aromatic N) is 3. The lowest BCUT2D eigenvalue weighted by molar-refractivity contribution is -0.117. The van der Waals surface area contributed by atoms with E-state index < -0.39 is 0 Å². The molecule has 0 aliphatic carbocycles. The topological polar surface area (TPSA) is 80.5 Å². The van der Waals surface area contributed by atoms with Gasteiger partial charge in [0.15, 0.2) is 0 Å². The molecule has 2 aromatic carbocycles. The van der Waals surface area contributed by atoms with Crippen LogP contribution in [0, 0.1) is 0 Å². The van der Waals surface area contributed by atoms with Crippen molar-refractivity contribution in [3.63, 3.8) is 0 Å². The van der Waals surface area contributed by atoms with Crippen molar-refractivity contribution in [2.24, 2.45) is 0 Å². The lowest BCUT2D eigenvalue weighted by Crippen LogP contribution is -2.38. The standard InChI is InChI=1S/C23H26N4O3S/c1-29-19-8-6-16(7-9-19)22-25-23(30-26-22)17-10-12-27(13-11-17)15-21(28)24-18-4-3-5-20(14-18)31-2/h3-9,14,17H,10-13,15H2,1-2H3,(H,24,28). The van der Waals surface area contributed by atoms with Gasteiger partial charge in [0.2, 0.25) is 17.6 Å². The first-order chi connectivity index (χ1) is 15.1. The fourth-order valence-electron chi connectivity index (χ4n) is 3.70. The van der Waals surface area contributed by atoms with E-state index in [4.69, 9.17) is 9.26 Å². The van der Waals surface area contributed by atoms with Crippen LogP contribution in [0.5, 0.6) is 5.75 Å². The number of benzene rings is 2. The minimum atomic E-state index is 0.0104. The van der Waals surface area contributed by atoms with Gasteiger partial charge in [0.05, 0.1) is 13.7 Å². The van der Waals surface area contributed by atoms with Crippen molar-refractivity contribution in [1.82, 2.24) is 15.0 Å². The third kappa shape index (κ3) is 5.45. The van der Waals surface area contributed by atoms with Crippen molar-refractivity contribution in [2.75, 3.05) is 38.3 Å². The molecular weight excluding hydrogens is 412 g/mol. The van der Waals surface area contributed by atoms with E-state index in [1.165, 1.54) is 0 Å². The molecule has 31 heavy (non-hydrogen) atoms. The van der Waals surface area contributed by atoms with Crippen LogP contribution in [0.3, 0.4) is 0 Å². The number of ether oxygens (including phenoxy) is 1. The van der Waals surface area contributed by atoms with Crippen LogP contribution in [0.2, 0.25) is 0 Å². The molecule has 1 N–H and O–H groups in total. The number of anilines is 1. The van der Waals surface area contributed by atoms with Crippen LogP contribution < -0.4 is 10.1 Å². The Morgan fingerprint density at radius 2 is 2.00 bits per heavy atom. The van der Waals surface area contributed by atoms with Crippen molar-refractivity contribution in [3.8, 4) is 17.1 Å². The largest absolute Gasteiger partial charge is 0.497 e. The summed E-state index contributed by atoms with van der Waals surface area (Å²) >= 11 is 1.66. The van der Waals surface area contributed by atoms with Gasteiger partial charge in [0.25, 0.3) is 0 Å². The Morgan fingerprint density at radius 1 is 1.23 bits per heavy atom. The molecule has 1 aliphatic rings. The van der Waals surface area contributed by atoms with E-state index in [-0.39, 0.29) is 11.8 Å². The number of hydrogen-bond donors (Lipinski definition) is 1. The number of rotatable bonds is 7. The number of hydrogen-bond acceptors (Lipinski definition) is 7. The maximum atomic E-state index is 12.4. The summed E-state index contributed by atoms with van der Waals surface area (Å²) in [5, 5.41) is 7.13. The molecule has 1 amide bonds. The van der Waals surface area contributed by atoms with Crippen LogP contribution in [0.25, 0.3) is 11.4 Å². The number of thioether (sulfide) groups is 1. The third-order valence-corrected chi connectivity index (χ3v) is 6.17. The normalized spacial score (nSPS) is 15.0. The SMILES string of the molecule is COc1ccc(-c2noc(C3CCN(CC(=O)Nc4cccc(SC)c4)CC3)n2)cc1.